The van der Waals surface area contributed by atoms with E-state index in [1.54, 1.807) is 23.9 Å². The molecule has 0 fully saturated rings. The molecule has 1 amide bonds. The Labute approximate surface area is 153 Å². The summed E-state index contributed by atoms with van der Waals surface area (Å²) in [6.07, 6.45) is 1.37. The Kier molecular flexibility index (Phi) is 7.34. The van der Waals surface area contributed by atoms with E-state index in [0.717, 1.165) is 28.9 Å². The normalized spacial score (nSPS) is 12.0. The van der Waals surface area contributed by atoms with Crippen molar-refractivity contribution >= 4 is 17.7 Å². The van der Waals surface area contributed by atoms with Gasteiger partial charge in [-0.3, -0.25) is 4.79 Å². The van der Waals surface area contributed by atoms with Crippen molar-refractivity contribution in [2.24, 2.45) is 5.73 Å². The van der Waals surface area contributed by atoms with Gasteiger partial charge < -0.3 is 16.2 Å². The van der Waals surface area contributed by atoms with E-state index in [1.165, 1.54) is 4.90 Å². The first-order valence-corrected chi connectivity index (χ1v) is 9.46. The van der Waals surface area contributed by atoms with Crippen LogP contribution in [0.2, 0.25) is 0 Å². The number of nitrogens with two attached hydrogens (primary N) is 1. The fraction of sp³-hybridized carbons (Fsp3) is 0.350. The zero-order valence-electron chi connectivity index (χ0n) is 14.8. The van der Waals surface area contributed by atoms with Gasteiger partial charge in [-0.2, -0.15) is 0 Å². The van der Waals surface area contributed by atoms with E-state index < -0.39 is 6.04 Å². The largest absolute Gasteiger partial charge is 0.508 e. The molecule has 4 N–H and O–H groups in total. The summed E-state index contributed by atoms with van der Waals surface area (Å²) in [5, 5.41) is 12.5. The van der Waals surface area contributed by atoms with Crippen molar-refractivity contribution in [3.63, 3.8) is 0 Å². The lowest BCUT2D eigenvalue weighted by atomic mass is 9.96. The zero-order chi connectivity index (χ0) is 18.2. The van der Waals surface area contributed by atoms with Gasteiger partial charge in [0.1, 0.15) is 5.75 Å². The number of phenolic OH excluding ortho intramolecular Hbond substituents is 1. The quantitative estimate of drug-likeness (QED) is 0.500. The Bertz CT molecular complexity index is 681. The standard InChI is InChI=1S/C20H26N2O2S/c1-14-11-16(23)12-15(2)18(14)13-19(21)20(24)22-9-6-10-25-17-7-4-3-5-8-17/h3-5,7-8,11-12,19,23H,6,9-10,13,21H2,1-2H3,(H,22,24). The number of aryl methyl sites for hydroxylation is 2. The summed E-state index contributed by atoms with van der Waals surface area (Å²) in [5.74, 6) is 1.07. The monoisotopic (exact) mass is 358 g/mol. The minimum Gasteiger partial charge on any atom is -0.508 e. The lowest BCUT2D eigenvalue weighted by Crippen LogP contribution is -2.42. The van der Waals surface area contributed by atoms with Crippen LogP contribution in [0.5, 0.6) is 5.75 Å². The molecular weight excluding hydrogens is 332 g/mol. The second-order valence-corrected chi connectivity index (χ2v) is 7.34. The highest BCUT2D eigenvalue weighted by Gasteiger charge is 2.16. The first-order chi connectivity index (χ1) is 12.0. The highest BCUT2D eigenvalue weighted by Crippen LogP contribution is 2.22. The van der Waals surface area contributed by atoms with Gasteiger partial charge in [-0.15, -0.1) is 11.8 Å². The Morgan fingerprint density at radius 2 is 1.84 bits per heavy atom. The maximum atomic E-state index is 12.2. The molecule has 2 aromatic carbocycles. The second kappa shape index (κ2) is 9.49. The predicted octanol–water partition coefficient (Wildman–Crippen LogP) is 3.18. The maximum absolute atomic E-state index is 12.2. The van der Waals surface area contributed by atoms with Crippen molar-refractivity contribution in [2.75, 3.05) is 12.3 Å². The van der Waals surface area contributed by atoms with Gasteiger partial charge in [-0.05, 0) is 73.4 Å². The minimum atomic E-state index is -0.580. The molecule has 0 aromatic heterocycles. The van der Waals surface area contributed by atoms with Crippen molar-refractivity contribution in [3.8, 4) is 5.75 Å². The van der Waals surface area contributed by atoms with E-state index in [-0.39, 0.29) is 11.7 Å². The van der Waals surface area contributed by atoms with Gasteiger partial charge >= 0.3 is 0 Å². The van der Waals surface area contributed by atoms with Crippen LogP contribution in [-0.2, 0) is 11.2 Å². The van der Waals surface area contributed by atoms with Crippen molar-refractivity contribution in [2.45, 2.75) is 37.6 Å². The van der Waals surface area contributed by atoms with E-state index in [0.29, 0.717) is 13.0 Å². The third kappa shape index (κ3) is 6.11. The van der Waals surface area contributed by atoms with Crippen LogP contribution in [0.1, 0.15) is 23.1 Å². The molecule has 5 heteroatoms. The topological polar surface area (TPSA) is 75.3 Å². The summed E-state index contributed by atoms with van der Waals surface area (Å²) in [5.41, 5.74) is 9.00. The van der Waals surface area contributed by atoms with Gasteiger partial charge in [0.05, 0.1) is 6.04 Å². The van der Waals surface area contributed by atoms with E-state index in [9.17, 15) is 9.90 Å². The molecule has 0 aliphatic rings. The van der Waals surface area contributed by atoms with Crippen LogP contribution in [0.15, 0.2) is 47.4 Å². The average Bonchev–Trinajstić information content (AvgIpc) is 2.58. The number of hydrogen-bond donors (Lipinski definition) is 3. The van der Waals surface area contributed by atoms with Gasteiger partial charge in [0.15, 0.2) is 0 Å². The second-order valence-electron chi connectivity index (χ2n) is 6.17. The van der Waals surface area contributed by atoms with Gasteiger partial charge in [-0.25, -0.2) is 0 Å². The zero-order valence-corrected chi connectivity index (χ0v) is 15.6. The molecule has 1 unspecified atom stereocenters. The average molecular weight is 359 g/mol. The molecule has 0 bridgehead atoms. The van der Waals surface area contributed by atoms with Crippen LogP contribution >= 0.6 is 11.8 Å². The molecule has 0 spiro atoms. The molecule has 0 aliphatic heterocycles. The van der Waals surface area contributed by atoms with Crippen molar-refractivity contribution in [1.82, 2.24) is 5.32 Å². The molecule has 0 radical (unpaired) electrons. The van der Waals surface area contributed by atoms with Crippen molar-refractivity contribution in [3.05, 3.63) is 59.2 Å². The smallest absolute Gasteiger partial charge is 0.237 e. The van der Waals surface area contributed by atoms with Gasteiger partial charge in [0.25, 0.3) is 0 Å². The number of hydrogen-bond acceptors (Lipinski definition) is 4. The number of phenols is 1. The fourth-order valence-corrected chi connectivity index (χ4v) is 3.60. The summed E-state index contributed by atoms with van der Waals surface area (Å²) in [4.78, 5) is 13.4. The first-order valence-electron chi connectivity index (χ1n) is 8.47. The van der Waals surface area contributed by atoms with E-state index in [2.05, 4.69) is 17.4 Å². The van der Waals surface area contributed by atoms with Crippen LogP contribution in [-0.4, -0.2) is 29.4 Å². The van der Waals surface area contributed by atoms with Crippen molar-refractivity contribution in [1.29, 1.82) is 0 Å². The highest BCUT2D eigenvalue weighted by molar-refractivity contribution is 7.99. The Hall–Kier alpha value is -1.98. The Morgan fingerprint density at radius 3 is 2.48 bits per heavy atom. The third-order valence-corrected chi connectivity index (χ3v) is 5.17. The number of benzene rings is 2. The summed E-state index contributed by atoms with van der Waals surface area (Å²) in [6.45, 7) is 4.47. The summed E-state index contributed by atoms with van der Waals surface area (Å²) in [7, 11) is 0. The molecule has 0 saturated heterocycles. The van der Waals surface area contributed by atoms with Crippen LogP contribution in [0.25, 0.3) is 0 Å². The molecule has 2 rings (SSSR count). The van der Waals surface area contributed by atoms with Gasteiger partial charge in [-0.1, -0.05) is 18.2 Å². The minimum absolute atomic E-state index is 0.128. The van der Waals surface area contributed by atoms with Crippen molar-refractivity contribution < 1.29 is 9.90 Å². The van der Waals surface area contributed by atoms with Crippen LogP contribution < -0.4 is 11.1 Å². The number of carbonyl (C=O) groups excluding carboxylic acids is 1. The number of aromatic hydroxyl groups is 1. The molecule has 2 aromatic rings. The number of thioether (sulfide) groups is 1. The SMILES string of the molecule is Cc1cc(O)cc(C)c1CC(N)C(=O)NCCCSc1ccccc1. The highest BCUT2D eigenvalue weighted by atomic mass is 32.2. The van der Waals surface area contributed by atoms with Crippen LogP contribution in [0.4, 0.5) is 0 Å². The summed E-state index contributed by atoms with van der Waals surface area (Å²) in [6, 6.07) is 13.0. The number of rotatable bonds is 8. The molecule has 4 nitrogen and oxygen atoms in total. The molecule has 25 heavy (non-hydrogen) atoms. The Balaban J connectivity index is 1.73. The molecule has 0 saturated carbocycles. The molecule has 0 heterocycles. The summed E-state index contributed by atoms with van der Waals surface area (Å²) >= 11 is 1.78. The fourth-order valence-electron chi connectivity index (χ4n) is 2.73. The molecular formula is C20H26N2O2S. The first kappa shape index (κ1) is 19.3. The lowest BCUT2D eigenvalue weighted by molar-refractivity contribution is -0.122. The summed E-state index contributed by atoms with van der Waals surface area (Å²) < 4.78 is 0. The van der Waals surface area contributed by atoms with Crippen LogP contribution in [0.3, 0.4) is 0 Å². The Morgan fingerprint density at radius 1 is 1.20 bits per heavy atom. The molecule has 1 atom stereocenters. The van der Waals surface area contributed by atoms with E-state index in [4.69, 9.17) is 5.73 Å². The van der Waals surface area contributed by atoms with Crippen LogP contribution in [0, 0.1) is 13.8 Å². The van der Waals surface area contributed by atoms with Gasteiger partial charge in [0, 0.05) is 11.4 Å². The maximum Gasteiger partial charge on any atom is 0.237 e. The number of carbonyl (C=O) groups is 1. The van der Waals surface area contributed by atoms with E-state index in [1.807, 2.05) is 32.0 Å². The number of amides is 1. The molecule has 0 aliphatic carbocycles. The lowest BCUT2D eigenvalue weighted by Gasteiger charge is -2.16. The molecule has 134 valence electrons. The third-order valence-electron chi connectivity index (χ3n) is 4.07. The van der Waals surface area contributed by atoms with Gasteiger partial charge in [0.2, 0.25) is 5.91 Å². The number of nitrogens with one attached hydrogen (secondary N) is 1. The van der Waals surface area contributed by atoms with E-state index >= 15 is 0 Å². The predicted molar refractivity (Wildman–Crippen MR) is 104 cm³/mol.